The summed E-state index contributed by atoms with van der Waals surface area (Å²) >= 11 is 1.53. The van der Waals surface area contributed by atoms with Crippen LogP contribution < -0.4 is 37.6 Å². The van der Waals surface area contributed by atoms with Gasteiger partial charge in [0.15, 0.2) is 0 Å². The minimum Gasteiger partial charge on any atom is -0.342 e. The summed E-state index contributed by atoms with van der Waals surface area (Å²) in [6.07, 6.45) is -1.25. The Balaban J connectivity index is 1.67. The first-order valence-corrected chi connectivity index (χ1v) is 10.5. The normalized spacial score (nSPS) is 41.8. The minimum absolute atomic E-state index is 0.0918. The lowest BCUT2D eigenvalue weighted by molar-refractivity contribution is -0.127. The van der Waals surface area contributed by atoms with Crippen LogP contribution in [0.2, 0.25) is 0 Å². The van der Waals surface area contributed by atoms with E-state index in [1.165, 1.54) is 11.9 Å². The van der Waals surface area contributed by atoms with Gasteiger partial charge in [-0.15, -0.1) is 0 Å². The molecule has 0 aromatic heterocycles. The van der Waals surface area contributed by atoms with Crippen LogP contribution in [0, 0.1) is 11.8 Å². The van der Waals surface area contributed by atoms with Gasteiger partial charge in [-0.25, -0.2) is 9.40 Å². The van der Waals surface area contributed by atoms with Crippen molar-refractivity contribution in [1.29, 1.82) is 0 Å². The van der Waals surface area contributed by atoms with Crippen LogP contribution >= 0.6 is 11.9 Å². The van der Waals surface area contributed by atoms with E-state index >= 15 is 0 Å². The molecule has 6 unspecified atom stereocenters. The molecule has 3 saturated heterocycles. The number of nitrogens with two attached hydrogens (primary N) is 2. The van der Waals surface area contributed by atoms with E-state index in [1.54, 1.807) is 0 Å². The molecule has 0 aliphatic carbocycles. The molecule has 156 valence electrons. The Morgan fingerprint density at radius 1 is 1.30 bits per heavy atom. The molecule has 9 N–H and O–H groups in total. The Hall–Kier alpha value is -0.530. The Bertz CT molecular complexity index is 521. The maximum Gasteiger partial charge on any atom is 0.229 e. The quantitative estimate of drug-likeness (QED) is 0.205. The van der Waals surface area contributed by atoms with E-state index in [2.05, 4.69) is 45.0 Å². The fourth-order valence-corrected chi connectivity index (χ4v) is 5.65. The number of halogens is 1. The summed E-state index contributed by atoms with van der Waals surface area (Å²) in [6.45, 7) is 4.67. The van der Waals surface area contributed by atoms with E-state index in [9.17, 15) is 9.18 Å². The average molecular weight is 405 g/mol. The summed E-state index contributed by atoms with van der Waals surface area (Å²) in [7, 11) is 2.05. The van der Waals surface area contributed by atoms with Gasteiger partial charge in [0.1, 0.15) is 6.17 Å². The van der Waals surface area contributed by atoms with Gasteiger partial charge < -0.3 is 16.8 Å². The number of amides is 1. The first-order chi connectivity index (χ1) is 12.8. The molecule has 0 radical (unpaired) electrons. The van der Waals surface area contributed by atoms with Crippen LogP contribution in [0.25, 0.3) is 0 Å². The number of hydrogen-bond acceptors (Lipinski definition) is 9. The standard InChI is InChI=1S/C16H33FN8OS/c1-7-4-10(25(3)23-7)11-8(2)24-27-16(11)22-15(26)12(13(18)19)14-20-5-9(17)6-21-14/h7-14,16,20-21,23-24H,4-6,18-19H2,1-3H3,(H,22,26). The zero-order valence-electron chi connectivity index (χ0n) is 16.1. The third-order valence-electron chi connectivity index (χ3n) is 5.75. The highest BCUT2D eigenvalue weighted by Crippen LogP contribution is 2.35. The Morgan fingerprint density at radius 2 is 1.96 bits per heavy atom. The number of carbonyl (C=O) groups is 1. The van der Waals surface area contributed by atoms with Crippen LogP contribution in [0.5, 0.6) is 0 Å². The van der Waals surface area contributed by atoms with E-state index in [4.69, 9.17) is 11.5 Å². The van der Waals surface area contributed by atoms with E-state index < -0.39 is 24.4 Å². The number of hydrazine groups is 1. The van der Waals surface area contributed by atoms with Gasteiger partial charge in [-0.2, -0.15) is 0 Å². The lowest BCUT2D eigenvalue weighted by Crippen LogP contribution is -2.65. The predicted octanol–water partition coefficient (Wildman–Crippen LogP) is -2.00. The third kappa shape index (κ3) is 4.73. The van der Waals surface area contributed by atoms with Gasteiger partial charge >= 0.3 is 0 Å². The molecule has 3 rings (SSSR count). The van der Waals surface area contributed by atoms with E-state index in [0.717, 1.165) is 6.42 Å². The highest BCUT2D eigenvalue weighted by Gasteiger charge is 2.46. The summed E-state index contributed by atoms with van der Waals surface area (Å²) in [5.41, 5.74) is 15.2. The number of rotatable bonds is 5. The molecule has 0 bridgehead atoms. The summed E-state index contributed by atoms with van der Waals surface area (Å²) in [6, 6.07) is 0.970. The zero-order chi connectivity index (χ0) is 19.7. The summed E-state index contributed by atoms with van der Waals surface area (Å²) < 4.78 is 16.8. The molecule has 1 amide bonds. The van der Waals surface area contributed by atoms with Gasteiger partial charge in [0.05, 0.1) is 23.6 Å². The molecule has 3 heterocycles. The zero-order valence-corrected chi connectivity index (χ0v) is 16.9. The molecule has 11 heteroatoms. The number of nitrogens with zero attached hydrogens (tertiary/aromatic N) is 1. The van der Waals surface area contributed by atoms with Crippen molar-refractivity contribution in [2.75, 3.05) is 20.1 Å². The molecule has 0 saturated carbocycles. The maximum absolute atomic E-state index is 13.4. The van der Waals surface area contributed by atoms with Crippen molar-refractivity contribution in [3.8, 4) is 0 Å². The largest absolute Gasteiger partial charge is 0.342 e. The summed E-state index contributed by atoms with van der Waals surface area (Å²) in [4.78, 5) is 13.0. The number of carbonyl (C=O) groups excluding carboxylic acids is 1. The molecule has 0 aromatic rings. The van der Waals surface area contributed by atoms with Crippen molar-refractivity contribution in [2.24, 2.45) is 23.3 Å². The molecular weight excluding hydrogens is 371 g/mol. The lowest BCUT2D eigenvalue weighted by atomic mass is 9.89. The van der Waals surface area contributed by atoms with E-state index in [1.807, 2.05) is 7.05 Å². The van der Waals surface area contributed by atoms with Gasteiger partial charge in [-0.1, -0.05) is 11.9 Å². The van der Waals surface area contributed by atoms with Gasteiger partial charge in [0, 0.05) is 44.2 Å². The van der Waals surface area contributed by atoms with Gasteiger partial charge in [-0.05, 0) is 20.3 Å². The molecule has 3 fully saturated rings. The van der Waals surface area contributed by atoms with Crippen molar-refractivity contribution >= 4 is 17.9 Å². The minimum atomic E-state index is -0.980. The van der Waals surface area contributed by atoms with Gasteiger partial charge in [0.2, 0.25) is 5.91 Å². The van der Waals surface area contributed by atoms with Crippen molar-refractivity contribution < 1.29 is 9.18 Å². The van der Waals surface area contributed by atoms with Crippen LogP contribution in [0.3, 0.4) is 0 Å². The SMILES string of the molecule is CC1CC(C2C(C)NSC2NC(=O)C(C(N)N)C2NCC(F)CN2)N(C)N1. The van der Waals surface area contributed by atoms with Crippen LogP contribution in [-0.2, 0) is 4.79 Å². The molecule has 6 atom stereocenters. The second-order valence-electron chi connectivity index (χ2n) is 7.97. The average Bonchev–Trinajstić information content (AvgIpc) is 3.10. The van der Waals surface area contributed by atoms with Crippen molar-refractivity contribution in [1.82, 2.24) is 31.1 Å². The number of hydrogen-bond donors (Lipinski definition) is 7. The highest BCUT2D eigenvalue weighted by molar-refractivity contribution is 7.98. The molecule has 9 nitrogen and oxygen atoms in total. The molecule has 0 aromatic carbocycles. The van der Waals surface area contributed by atoms with E-state index in [-0.39, 0.29) is 36.3 Å². The second-order valence-corrected chi connectivity index (χ2v) is 8.95. The molecular formula is C16H33FN8OS. The maximum atomic E-state index is 13.4. The van der Waals surface area contributed by atoms with Crippen LogP contribution in [0.1, 0.15) is 20.3 Å². The smallest absolute Gasteiger partial charge is 0.229 e. The Morgan fingerprint density at radius 3 is 2.52 bits per heavy atom. The van der Waals surface area contributed by atoms with E-state index in [0.29, 0.717) is 12.1 Å². The number of nitrogens with one attached hydrogen (secondary N) is 5. The first-order valence-electron chi connectivity index (χ1n) is 9.60. The predicted molar refractivity (Wildman–Crippen MR) is 105 cm³/mol. The lowest BCUT2D eigenvalue weighted by Gasteiger charge is -2.36. The fraction of sp³-hybridized carbons (Fsp3) is 0.938. The molecule has 0 spiro atoms. The van der Waals surface area contributed by atoms with Gasteiger partial charge in [-0.3, -0.25) is 25.6 Å². The van der Waals surface area contributed by atoms with Crippen LogP contribution in [-0.4, -0.2) is 73.1 Å². The summed E-state index contributed by atoms with van der Waals surface area (Å²) in [5.74, 6) is -0.668. The Labute approximate surface area is 164 Å². The monoisotopic (exact) mass is 404 g/mol. The van der Waals surface area contributed by atoms with Crippen molar-refractivity contribution in [3.05, 3.63) is 0 Å². The van der Waals surface area contributed by atoms with Crippen LogP contribution in [0.15, 0.2) is 0 Å². The summed E-state index contributed by atoms with van der Waals surface area (Å²) in [5, 5.41) is 11.2. The van der Waals surface area contributed by atoms with Gasteiger partial charge in [0.25, 0.3) is 0 Å². The second kappa shape index (κ2) is 8.87. The number of alkyl halides is 1. The topological polar surface area (TPSA) is 132 Å². The molecule has 3 aliphatic rings. The van der Waals surface area contributed by atoms with Crippen LogP contribution in [0.4, 0.5) is 4.39 Å². The Kier molecular flexibility index (Phi) is 6.96. The fourth-order valence-electron chi connectivity index (χ4n) is 4.39. The molecule has 3 aliphatic heterocycles. The highest BCUT2D eigenvalue weighted by atomic mass is 32.2. The van der Waals surface area contributed by atoms with Crippen molar-refractivity contribution in [3.63, 3.8) is 0 Å². The molecule has 27 heavy (non-hydrogen) atoms. The van der Waals surface area contributed by atoms with Crippen molar-refractivity contribution in [2.45, 2.75) is 62.3 Å². The third-order valence-corrected chi connectivity index (χ3v) is 6.94. The first kappa shape index (κ1) is 21.2.